The molecule has 1 amide bonds. The lowest BCUT2D eigenvalue weighted by Gasteiger charge is -2.11. The quantitative estimate of drug-likeness (QED) is 0.219. The fourth-order valence-electron chi connectivity index (χ4n) is 3.81. The molecule has 0 aliphatic heterocycles. The van der Waals surface area contributed by atoms with Crippen molar-refractivity contribution in [1.82, 2.24) is 15.0 Å². The van der Waals surface area contributed by atoms with Gasteiger partial charge in [0.25, 0.3) is 11.5 Å². The number of nitrogens with zero attached hydrogens (tertiary/aromatic N) is 3. The molecule has 1 N–H and O–H groups in total. The third-order valence-corrected chi connectivity index (χ3v) is 6.81. The van der Waals surface area contributed by atoms with Crippen molar-refractivity contribution in [3.05, 3.63) is 113 Å². The van der Waals surface area contributed by atoms with E-state index in [9.17, 15) is 9.59 Å². The Balaban J connectivity index is 1.22. The van der Waals surface area contributed by atoms with Gasteiger partial charge in [0.05, 0.1) is 25.0 Å². The number of thiophene rings is 1. The first kappa shape index (κ1) is 24.9. The van der Waals surface area contributed by atoms with E-state index in [0.29, 0.717) is 33.9 Å². The zero-order valence-electron chi connectivity index (χ0n) is 20.5. The number of nitrogens with one attached hydrogen (secondary N) is 1. The standard InChI is InChI=1S/C29H24N4O4S/c1-36-25-14-21(12-13-24(25)37-18-20-8-4-2-5-9-20)16-31-32-27(34)17-33-19-30-28-23(29(33)35)15-26(38-28)22-10-6-3-7-11-22/h2-16,19H,17-18H2,1H3,(H,32,34)/b31-16+. The summed E-state index contributed by atoms with van der Waals surface area (Å²) in [6.45, 7) is 0.213. The first-order chi connectivity index (χ1) is 18.6. The maximum absolute atomic E-state index is 12.9. The molecule has 0 unspecified atom stereocenters. The van der Waals surface area contributed by atoms with Crippen molar-refractivity contribution in [1.29, 1.82) is 0 Å². The van der Waals surface area contributed by atoms with Crippen molar-refractivity contribution < 1.29 is 14.3 Å². The Labute approximate surface area is 222 Å². The first-order valence-electron chi connectivity index (χ1n) is 11.8. The molecule has 0 saturated heterocycles. The molecule has 0 saturated carbocycles. The lowest BCUT2D eigenvalue weighted by Crippen LogP contribution is -2.29. The van der Waals surface area contributed by atoms with Crippen LogP contribution in [-0.2, 0) is 17.9 Å². The highest BCUT2D eigenvalue weighted by atomic mass is 32.1. The number of hydrogen-bond donors (Lipinski definition) is 1. The Hall–Kier alpha value is -4.76. The maximum Gasteiger partial charge on any atom is 0.262 e. The third kappa shape index (κ3) is 5.79. The molecule has 3 aromatic carbocycles. The van der Waals surface area contributed by atoms with Crippen molar-refractivity contribution in [2.75, 3.05) is 7.11 Å². The number of hydrogen-bond acceptors (Lipinski definition) is 7. The van der Waals surface area contributed by atoms with Crippen LogP contribution in [0.3, 0.4) is 0 Å². The van der Waals surface area contributed by atoms with E-state index in [-0.39, 0.29) is 12.1 Å². The van der Waals surface area contributed by atoms with Gasteiger partial charge in [-0.15, -0.1) is 11.3 Å². The Bertz CT molecular complexity index is 1650. The van der Waals surface area contributed by atoms with Crippen molar-refractivity contribution in [2.24, 2.45) is 5.10 Å². The smallest absolute Gasteiger partial charge is 0.262 e. The number of carbonyl (C=O) groups is 1. The molecule has 9 heteroatoms. The number of hydrazone groups is 1. The van der Waals surface area contributed by atoms with Crippen LogP contribution in [0.15, 0.2) is 101 Å². The summed E-state index contributed by atoms with van der Waals surface area (Å²) in [5.41, 5.74) is 4.96. The Kier molecular flexibility index (Phi) is 7.56. The highest BCUT2D eigenvalue weighted by Gasteiger charge is 2.12. The zero-order chi connectivity index (χ0) is 26.3. The molecule has 38 heavy (non-hydrogen) atoms. The summed E-state index contributed by atoms with van der Waals surface area (Å²) in [5, 5.41) is 4.50. The lowest BCUT2D eigenvalue weighted by molar-refractivity contribution is -0.121. The Morgan fingerprint density at radius 3 is 2.55 bits per heavy atom. The molecule has 2 aromatic heterocycles. The van der Waals surface area contributed by atoms with Crippen LogP contribution in [0, 0.1) is 0 Å². The second-order valence-electron chi connectivity index (χ2n) is 8.35. The van der Waals surface area contributed by atoms with Gasteiger partial charge in [0.15, 0.2) is 11.5 Å². The summed E-state index contributed by atoms with van der Waals surface area (Å²) in [5.74, 6) is 0.703. The fourth-order valence-corrected chi connectivity index (χ4v) is 4.80. The van der Waals surface area contributed by atoms with Crippen LogP contribution in [0.1, 0.15) is 11.1 Å². The van der Waals surface area contributed by atoms with Crippen LogP contribution in [0.25, 0.3) is 20.7 Å². The molecule has 0 fully saturated rings. The molecule has 190 valence electrons. The number of fused-ring (bicyclic) bond motifs is 1. The number of carbonyl (C=O) groups excluding carboxylic acids is 1. The number of rotatable bonds is 9. The van der Waals surface area contributed by atoms with Crippen LogP contribution in [0.2, 0.25) is 0 Å². The van der Waals surface area contributed by atoms with E-state index in [4.69, 9.17) is 9.47 Å². The molecule has 0 spiro atoms. The minimum absolute atomic E-state index is 0.203. The molecule has 0 aliphatic rings. The first-order valence-corrected chi connectivity index (χ1v) is 12.6. The van der Waals surface area contributed by atoms with Crippen molar-refractivity contribution in [3.63, 3.8) is 0 Å². The van der Waals surface area contributed by atoms with E-state index in [0.717, 1.165) is 16.0 Å². The molecule has 0 bridgehead atoms. The Morgan fingerprint density at radius 2 is 1.79 bits per heavy atom. The molecule has 0 atom stereocenters. The SMILES string of the molecule is COc1cc(/C=N/NC(=O)Cn2cnc3sc(-c4ccccc4)cc3c2=O)ccc1OCc1ccccc1. The van der Waals surface area contributed by atoms with E-state index in [1.54, 1.807) is 19.2 Å². The number of amides is 1. The van der Waals surface area contributed by atoms with Gasteiger partial charge in [-0.2, -0.15) is 5.10 Å². The topological polar surface area (TPSA) is 94.8 Å². The zero-order valence-corrected chi connectivity index (χ0v) is 21.4. The molecule has 5 rings (SSSR count). The predicted molar refractivity (Wildman–Crippen MR) is 149 cm³/mol. The summed E-state index contributed by atoms with van der Waals surface area (Å²) < 4.78 is 12.6. The van der Waals surface area contributed by atoms with Gasteiger partial charge in [0.1, 0.15) is 18.0 Å². The van der Waals surface area contributed by atoms with Gasteiger partial charge in [0, 0.05) is 4.88 Å². The van der Waals surface area contributed by atoms with E-state index >= 15 is 0 Å². The molecule has 0 radical (unpaired) electrons. The van der Waals surface area contributed by atoms with Crippen LogP contribution in [0.4, 0.5) is 0 Å². The normalized spacial score (nSPS) is 11.1. The minimum atomic E-state index is -0.446. The molecular formula is C29H24N4O4S. The van der Waals surface area contributed by atoms with Gasteiger partial charge in [-0.05, 0) is 41.0 Å². The number of methoxy groups -OCH3 is 1. The Morgan fingerprint density at radius 1 is 1.03 bits per heavy atom. The lowest BCUT2D eigenvalue weighted by atomic mass is 10.2. The van der Waals surface area contributed by atoms with Gasteiger partial charge in [-0.1, -0.05) is 60.7 Å². The maximum atomic E-state index is 12.9. The summed E-state index contributed by atoms with van der Waals surface area (Å²) >= 11 is 1.44. The number of aromatic nitrogens is 2. The van der Waals surface area contributed by atoms with E-state index in [1.165, 1.54) is 28.4 Å². The van der Waals surface area contributed by atoms with Crippen molar-refractivity contribution in [2.45, 2.75) is 13.2 Å². The van der Waals surface area contributed by atoms with Crippen molar-refractivity contribution >= 4 is 33.7 Å². The molecule has 0 aliphatic carbocycles. The average Bonchev–Trinajstić information content (AvgIpc) is 3.40. The highest BCUT2D eigenvalue weighted by Crippen LogP contribution is 2.30. The van der Waals surface area contributed by atoms with Crippen LogP contribution in [0.5, 0.6) is 11.5 Å². The van der Waals surface area contributed by atoms with Gasteiger partial charge in [0.2, 0.25) is 0 Å². The van der Waals surface area contributed by atoms with E-state index in [2.05, 4.69) is 15.5 Å². The van der Waals surface area contributed by atoms with Gasteiger partial charge >= 0.3 is 0 Å². The van der Waals surface area contributed by atoms with Crippen LogP contribution >= 0.6 is 11.3 Å². The van der Waals surface area contributed by atoms with Gasteiger partial charge in [-0.3, -0.25) is 14.2 Å². The second-order valence-corrected chi connectivity index (χ2v) is 9.38. The van der Waals surface area contributed by atoms with Gasteiger partial charge < -0.3 is 9.47 Å². The highest BCUT2D eigenvalue weighted by molar-refractivity contribution is 7.21. The number of benzene rings is 3. The molecule has 8 nitrogen and oxygen atoms in total. The van der Waals surface area contributed by atoms with Crippen molar-refractivity contribution in [3.8, 4) is 21.9 Å². The van der Waals surface area contributed by atoms with Crippen LogP contribution in [-0.4, -0.2) is 28.8 Å². The monoisotopic (exact) mass is 524 g/mol. The predicted octanol–water partition coefficient (Wildman–Crippen LogP) is 4.86. The van der Waals surface area contributed by atoms with E-state index < -0.39 is 5.91 Å². The summed E-state index contributed by atoms with van der Waals surface area (Å²) in [6, 6.07) is 26.8. The minimum Gasteiger partial charge on any atom is -0.493 e. The second kappa shape index (κ2) is 11.5. The molecular weight excluding hydrogens is 500 g/mol. The van der Waals surface area contributed by atoms with Crippen LogP contribution < -0.4 is 20.5 Å². The molecule has 5 aromatic rings. The van der Waals surface area contributed by atoms with Gasteiger partial charge in [-0.25, -0.2) is 10.4 Å². The molecule has 2 heterocycles. The summed E-state index contributed by atoms with van der Waals surface area (Å²) in [6.07, 6.45) is 2.88. The fraction of sp³-hybridized carbons (Fsp3) is 0.103. The summed E-state index contributed by atoms with van der Waals surface area (Å²) in [4.78, 5) is 31.3. The third-order valence-electron chi connectivity index (χ3n) is 5.72. The average molecular weight is 525 g/mol. The largest absolute Gasteiger partial charge is 0.493 e. The summed E-state index contributed by atoms with van der Waals surface area (Å²) in [7, 11) is 1.56. The van der Waals surface area contributed by atoms with E-state index in [1.807, 2.05) is 72.8 Å². The number of ether oxygens (including phenoxy) is 2.